The minimum Gasteiger partial charge on any atom is -0.364 e. The van der Waals surface area contributed by atoms with Crippen molar-refractivity contribution in [2.45, 2.75) is 18.4 Å². The second kappa shape index (κ2) is 4.56. The Balaban J connectivity index is 2.02. The molecule has 2 atom stereocenters. The number of rotatable bonds is 3. The van der Waals surface area contributed by atoms with Crippen LogP contribution >= 0.6 is 0 Å². The zero-order chi connectivity index (χ0) is 14.3. The lowest BCUT2D eigenvalue weighted by Gasteiger charge is -2.21. The molecule has 0 radical (unpaired) electrons. The van der Waals surface area contributed by atoms with E-state index < -0.39 is 29.0 Å². The van der Waals surface area contributed by atoms with E-state index in [9.17, 15) is 13.2 Å². The van der Waals surface area contributed by atoms with Crippen molar-refractivity contribution in [1.29, 1.82) is 0 Å². The number of halogens is 3. The molecule has 2 heterocycles. The SMILES string of the molecule is C[C@@H](c1ncncc1F)[C@@]1(c2ccc(F)cc2F)CO1. The molecule has 2 aromatic rings. The first-order valence-corrected chi connectivity index (χ1v) is 6.09. The van der Waals surface area contributed by atoms with Crippen LogP contribution in [0.25, 0.3) is 0 Å². The van der Waals surface area contributed by atoms with Gasteiger partial charge in [0.25, 0.3) is 0 Å². The van der Waals surface area contributed by atoms with Crippen molar-refractivity contribution in [2.24, 2.45) is 0 Å². The van der Waals surface area contributed by atoms with Gasteiger partial charge in [-0.25, -0.2) is 23.1 Å². The zero-order valence-electron chi connectivity index (χ0n) is 10.6. The van der Waals surface area contributed by atoms with Crippen molar-refractivity contribution in [3.05, 3.63) is 59.4 Å². The zero-order valence-corrected chi connectivity index (χ0v) is 10.6. The molecule has 3 rings (SSSR count). The summed E-state index contributed by atoms with van der Waals surface area (Å²) in [6, 6.07) is 3.28. The van der Waals surface area contributed by atoms with Gasteiger partial charge >= 0.3 is 0 Å². The fourth-order valence-corrected chi connectivity index (χ4v) is 2.41. The summed E-state index contributed by atoms with van der Waals surface area (Å²) in [6.45, 7) is 1.93. The van der Waals surface area contributed by atoms with Crippen LogP contribution in [0.15, 0.2) is 30.7 Å². The van der Waals surface area contributed by atoms with Gasteiger partial charge in [-0.1, -0.05) is 13.0 Å². The second-order valence-corrected chi connectivity index (χ2v) is 4.78. The van der Waals surface area contributed by atoms with Crippen molar-refractivity contribution in [3.63, 3.8) is 0 Å². The summed E-state index contributed by atoms with van der Waals surface area (Å²) < 4.78 is 46.0. The highest BCUT2D eigenvalue weighted by atomic mass is 19.1. The maximum absolute atomic E-state index is 13.9. The molecular weight excluding hydrogens is 269 g/mol. The topological polar surface area (TPSA) is 38.3 Å². The number of nitrogens with zero attached hydrogens (tertiary/aromatic N) is 2. The van der Waals surface area contributed by atoms with E-state index in [1.54, 1.807) is 6.92 Å². The Kier molecular flexibility index (Phi) is 2.97. The number of benzene rings is 1. The molecule has 6 heteroatoms. The summed E-state index contributed by atoms with van der Waals surface area (Å²) in [5, 5.41) is 0. The van der Waals surface area contributed by atoms with Gasteiger partial charge in [0.2, 0.25) is 0 Å². The Bertz CT molecular complexity index is 659. The maximum Gasteiger partial charge on any atom is 0.163 e. The molecule has 1 aliphatic heterocycles. The highest BCUT2D eigenvalue weighted by molar-refractivity contribution is 5.34. The van der Waals surface area contributed by atoms with Gasteiger partial charge in [0.15, 0.2) is 5.82 Å². The molecule has 0 spiro atoms. The van der Waals surface area contributed by atoms with Crippen LogP contribution in [0, 0.1) is 17.5 Å². The molecule has 20 heavy (non-hydrogen) atoms. The third kappa shape index (κ3) is 1.96. The van der Waals surface area contributed by atoms with Crippen LogP contribution in [0.3, 0.4) is 0 Å². The molecule has 0 unspecified atom stereocenters. The standard InChI is InChI=1S/C14H11F3N2O/c1-8(13-12(17)5-18-7-19-13)14(6-20-14)10-3-2-9(15)4-11(10)16/h2-5,7-8H,6H2,1H3/t8-,14+/m0/s1. The van der Waals surface area contributed by atoms with E-state index >= 15 is 0 Å². The van der Waals surface area contributed by atoms with Crippen LogP contribution in [0.4, 0.5) is 13.2 Å². The molecule has 0 aliphatic carbocycles. The Morgan fingerprint density at radius 3 is 2.60 bits per heavy atom. The minimum atomic E-state index is -0.993. The third-order valence-electron chi connectivity index (χ3n) is 3.65. The Hall–Kier alpha value is -1.95. The lowest BCUT2D eigenvalue weighted by molar-refractivity contribution is 0.260. The van der Waals surface area contributed by atoms with E-state index in [4.69, 9.17) is 4.74 Å². The lowest BCUT2D eigenvalue weighted by atomic mass is 9.85. The molecule has 0 amide bonds. The predicted molar refractivity (Wildman–Crippen MR) is 64.4 cm³/mol. The number of epoxide rings is 1. The molecule has 104 valence electrons. The molecule has 0 N–H and O–H groups in total. The first kappa shape index (κ1) is 13.1. The van der Waals surface area contributed by atoms with Crippen molar-refractivity contribution in [1.82, 2.24) is 9.97 Å². The first-order chi connectivity index (χ1) is 9.54. The highest BCUT2D eigenvalue weighted by Gasteiger charge is 2.54. The molecule has 1 aromatic heterocycles. The maximum atomic E-state index is 13.9. The molecule has 1 aromatic carbocycles. The Labute approximate surface area is 113 Å². The van der Waals surface area contributed by atoms with Crippen molar-refractivity contribution >= 4 is 0 Å². The average Bonchev–Trinajstić information content (AvgIpc) is 3.20. The molecular formula is C14H11F3N2O. The van der Waals surface area contributed by atoms with E-state index in [1.807, 2.05) is 0 Å². The van der Waals surface area contributed by atoms with Crippen LogP contribution < -0.4 is 0 Å². The summed E-state index contributed by atoms with van der Waals surface area (Å²) >= 11 is 0. The monoisotopic (exact) mass is 280 g/mol. The minimum absolute atomic E-state index is 0.154. The van der Waals surface area contributed by atoms with Gasteiger partial charge in [0, 0.05) is 17.5 Å². The third-order valence-corrected chi connectivity index (χ3v) is 3.65. The summed E-state index contributed by atoms with van der Waals surface area (Å²) in [7, 11) is 0. The van der Waals surface area contributed by atoms with Gasteiger partial charge < -0.3 is 4.74 Å². The molecule has 1 saturated heterocycles. The van der Waals surface area contributed by atoms with Gasteiger partial charge in [-0.2, -0.15) is 0 Å². The Morgan fingerprint density at radius 2 is 2.00 bits per heavy atom. The van der Waals surface area contributed by atoms with Crippen LogP contribution in [-0.4, -0.2) is 16.6 Å². The number of ether oxygens (including phenoxy) is 1. The van der Waals surface area contributed by atoms with E-state index in [1.165, 1.54) is 12.4 Å². The summed E-state index contributed by atoms with van der Waals surface area (Å²) in [6.07, 6.45) is 2.28. The fourth-order valence-electron chi connectivity index (χ4n) is 2.41. The largest absolute Gasteiger partial charge is 0.364 e. The Morgan fingerprint density at radius 1 is 1.25 bits per heavy atom. The number of hydrogen-bond acceptors (Lipinski definition) is 3. The summed E-state index contributed by atoms with van der Waals surface area (Å²) in [5.74, 6) is -2.45. The van der Waals surface area contributed by atoms with Crippen LogP contribution in [0.2, 0.25) is 0 Å². The average molecular weight is 280 g/mol. The molecule has 1 aliphatic rings. The van der Waals surface area contributed by atoms with Crippen LogP contribution in [0.1, 0.15) is 24.1 Å². The van der Waals surface area contributed by atoms with Gasteiger partial charge in [-0.3, -0.25) is 0 Å². The predicted octanol–water partition coefficient (Wildman–Crippen LogP) is 2.92. The van der Waals surface area contributed by atoms with E-state index in [0.29, 0.717) is 0 Å². The van der Waals surface area contributed by atoms with Gasteiger partial charge in [-0.05, 0) is 6.07 Å². The molecule has 3 nitrogen and oxygen atoms in total. The van der Waals surface area contributed by atoms with E-state index in [0.717, 1.165) is 18.3 Å². The van der Waals surface area contributed by atoms with Gasteiger partial charge in [0.05, 0.1) is 18.5 Å². The van der Waals surface area contributed by atoms with Crippen LogP contribution in [0.5, 0.6) is 0 Å². The number of aromatic nitrogens is 2. The first-order valence-electron chi connectivity index (χ1n) is 6.09. The molecule has 0 saturated carbocycles. The quantitative estimate of drug-likeness (QED) is 0.811. The smallest absolute Gasteiger partial charge is 0.163 e. The fraction of sp³-hybridized carbons (Fsp3) is 0.286. The van der Waals surface area contributed by atoms with Crippen LogP contribution in [-0.2, 0) is 10.3 Å². The molecule has 1 fully saturated rings. The van der Waals surface area contributed by atoms with Crippen molar-refractivity contribution in [3.8, 4) is 0 Å². The second-order valence-electron chi connectivity index (χ2n) is 4.78. The summed E-state index contributed by atoms with van der Waals surface area (Å²) in [5.41, 5.74) is -0.627. The van der Waals surface area contributed by atoms with E-state index in [-0.39, 0.29) is 17.9 Å². The van der Waals surface area contributed by atoms with Gasteiger partial charge in [-0.15, -0.1) is 0 Å². The normalized spacial score (nSPS) is 22.6. The van der Waals surface area contributed by atoms with Gasteiger partial charge in [0.1, 0.15) is 23.6 Å². The highest BCUT2D eigenvalue weighted by Crippen LogP contribution is 2.50. The van der Waals surface area contributed by atoms with E-state index in [2.05, 4.69) is 9.97 Å². The summed E-state index contributed by atoms with van der Waals surface area (Å²) in [4.78, 5) is 7.48. The molecule has 0 bridgehead atoms. The van der Waals surface area contributed by atoms with Crippen molar-refractivity contribution < 1.29 is 17.9 Å². The number of hydrogen-bond donors (Lipinski definition) is 0. The van der Waals surface area contributed by atoms with Crippen molar-refractivity contribution in [2.75, 3.05) is 6.61 Å². The lowest BCUT2D eigenvalue weighted by Crippen LogP contribution is -2.21.